The van der Waals surface area contributed by atoms with Gasteiger partial charge in [-0.15, -0.1) is 5.10 Å². The van der Waals surface area contributed by atoms with Crippen LogP contribution in [0.25, 0.3) is 0 Å². The molecule has 5 heteroatoms. The second-order valence-electron chi connectivity index (χ2n) is 6.57. The molecule has 5 nitrogen and oxygen atoms in total. The minimum Gasteiger partial charge on any atom is -0.408 e. The van der Waals surface area contributed by atoms with Gasteiger partial charge in [0, 0.05) is 32.5 Å². The Labute approximate surface area is 147 Å². The molecule has 2 heterocycles. The molecule has 2 aromatic carbocycles. The number of anilines is 1. The average molecular weight is 334 g/mol. The molecular formula is C20H22N4O. The van der Waals surface area contributed by atoms with Crippen LogP contribution in [-0.2, 0) is 6.54 Å². The standard InChI is InChI=1S/C20H22N4O/c1-15-22-23-20(25-15)21-19-14-24(12-16-8-4-2-5-9-16)13-18(19)17-10-6-3-7-11-17/h2-11,18-19H,12-14H2,1H3,(H,21,23)/t18-,19+/m0/s1. The molecule has 25 heavy (non-hydrogen) atoms. The Kier molecular flexibility index (Phi) is 4.48. The smallest absolute Gasteiger partial charge is 0.315 e. The normalized spacial score (nSPS) is 20.7. The fraction of sp³-hybridized carbons (Fsp3) is 0.300. The summed E-state index contributed by atoms with van der Waals surface area (Å²) >= 11 is 0. The third-order valence-electron chi connectivity index (χ3n) is 4.71. The van der Waals surface area contributed by atoms with Gasteiger partial charge in [0.15, 0.2) is 0 Å². The number of likely N-dealkylation sites (tertiary alicyclic amines) is 1. The fourth-order valence-corrected chi connectivity index (χ4v) is 3.55. The van der Waals surface area contributed by atoms with E-state index in [-0.39, 0.29) is 6.04 Å². The predicted octanol–water partition coefficient (Wildman–Crippen LogP) is 3.46. The summed E-state index contributed by atoms with van der Waals surface area (Å²) in [6.07, 6.45) is 0. The molecule has 3 aromatic rings. The molecule has 1 aliphatic heterocycles. The predicted molar refractivity (Wildman–Crippen MR) is 97.3 cm³/mol. The molecule has 4 rings (SSSR count). The van der Waals surface area contributed by atoms with E-state index in [9.17, 15) is 0 Å². The van der Waals surface area contributed by atoms with Crippen LogP contribution in [0.3, 0.4) is 0 Å². The first-order chi connectivity index (χ1) is 12.3. The van der Waals surface area contributed by atoms with Crippen LogP contribution in [0.1, 0.15) is 22.9 Å². The molecule has 1 aliphatic rings. The molecule has 128 valence electrons. The second-order valence-corrected chi connectivity index (χ2v) is 6.57. The highest BCUT2D eigenvalue weighted by Crippen LogP contribution is 2.30. The van der Waals surface area contributed by atoms with Crippen molar-refractivity contribution in [3.63, 3.8) is 0 Å². The van der Waals surface area contributed by atoms with Crippen LogP contribution >= 0.6 is 0 Å². The summed E-state index contributed by atoms with van der Waals surface area (Å²) in [6.45, 7) is 4.70. The fourth-order valence-electron chi connectivity index (χ4n) is 3.55. The van der Waals surface area contributed by atoms with Crippen LogP contribution < -0.4 is 5.32 Å². The minimum atomic E-state index is 0.242. The van der Waals surface area contributed by atoms with E-state index in [2.05, 4.69) is 81.1 Å². The van der Waals surface area contributed by atoms with E-state index < -0.39 is 0 Å². The quantitative estimate of drug-likeness (QED) is 0.774. The van der Waals surface area contributed by atoms with E-state index in [4.69, 9.17) is 4.42 Å². The first kappa shape index (κ1) is 15.8. The van der Waals surface area contributed by atoms with Crippen molar-refractivity contribution in [3.05, 3.63) is 77.7 Å². The molecule has 2 atom stereocenters. The number of hydrogen-bond acceptors (Lipinski definition) is 5. The van der Waals surface area contributed by atoms with Gasteiger partial charge in [0.25, 0.3) is 0 Å². The third kappa shape index (κ3) is 3.72. The van der Waals surface area contributed by atoms with Gasteiger partial charge >= 0.3 is 6.01 Å². The first-order valence-electron chi connectivity index (χ1n) is 8.66. The van der Waals surface area contributed by atoms with Crippen molar-refractivity contribution in [2.45, 2.75) is 25.4 Å². The van der Waals surface area contributed by atoms with Gasteiger partial charge in [-0.25, -0.2) is 0 Å². The van der Waals surface area contributed by atoms with Crippen molar-refractivity contribution in [2.75, 3.05) is 18.4 Å². The van der Waals surface area contributed by atoms with Gasteiger partial charge in [-0.3, -0.25) is 4.90 Å². The summed E-state index contributed by atoms with van der Waals surface area (Å²) in [5.41, 5.74) is 2.68. The number of aromatic nitrogens is 2. The molecule has 0 bridgehead atoms. The highest BCUT2D eigenvalue weighted by Gasteiger charge is 2.34. The molecule has 0 amide bonds. The Morgan fingerprint density at radius 2 is 1.72 bits per heavy atom. The Morgan fingerprint density at radius 3 is 2.40 bits per heavy atom. The van der Waals surface area contributed by atoms with Crippen molar-refractivity contribution < 1.29 is 4.42 Å². The van der Waals surface area contributed by atoms with E-state index in [1.54, 1.807) is 0 Å². The van der Waals surface area contributed by atoms with Crippen LogP contribution in [0.2, 0.25) is 0 Å². The van der Waals surface area contributed by atoms with Gasteiger partial charge in [-0.2, -0.15) is 0 Å². The van der Waals surface area contributed by atoms with E-state index in [0.717, 1.165) is 19.6 Å². The highest BCUT2D eigenvalue weighted by atomic mass is 16.4. The van der Waals surface area contributed by atoms with Gasteiger partial charge in [0.2, 0.25) is 5.89 Å². The molecular weight excluding hydrogens is 312 g/mol. The molecule has 1 aromatic heterocycles. The van der Waals surface area contributed by atoms with Crippen LogP contribution in [0.4, 0.5) is 6.01 Å². The summed E-state index contributed by atoms with van der Waals surface area (Å²) < 4.78 is 5.53. The number of benzene rings is 2. The number of hydrogen-bond donors (Lipinski definition) is 1. The van der Waals surface area contributed by atoms with Crippen molar-refractivity contribution in [3.8, 4) is 0 Å². The van der Waals surface area contributed by atoms with Gasteiger partial charge < -0.3 is 9.73 Å². The number of aryl methyl sites for hydroxylation is 1. The zero-order chi connectivity index (χ0) is 17.1. The molecule has 0 aliphatic carbocycles. The van der Waals surface area contributed by atoms with Crippen molar-refractivity contribution in [1.82, 2.24) is 15.1 Å². The molecule has 0 radical (unpaired) electrons. The number of rotatable bonds is 5. The Morgan fingerprint density at radius 1 is 1.00 bits per heavy atom. The van der Waals surface area contributed by atoms with Crippen LogP contribution in [0.15, 0.2) is 65.1 Å². The molecule has 0 unspecified atom stereocenters. The van der Waals surface area contributed by atoms with E-state index in [1.165, 1.54) is 11.1 Å². The SMILES string of the molecule is Cc1nnc(N[C@@H]2CN(Cc3ccccc3)C[C@H]2c2ccccc2)o1. The van der Waals surface area contributed by atoms with Gasteiger partial charge in [-0.05, 0) is 11.1 Å². The Bertz CT molecular complexity index is 803. The summed E-state index contributed by atoms with van der Waals surface area (Å²) in [5.74, 6) is 0.968. The lowest BCUT2D eigenvalue weighted by Crippen LogP contribution is -2.28. The van der Waals surface area contributed by atoms with Crippen molar-refractivity contribution >= 4 is 6.01 Å². The number of nitrogens with zero attached hydrogens (tertiary/aromatic N) is 3. The maximum Gasteiger partial charge on any atom is 0.315 e. The summed E-state index contributed by atoms with van der Waals surface area (Å²) in [7, 11) is 0. The van der Waals surface area contributed by atoms with Gasteiger partial charge in [0.1, 0.15) is 0 Å². The van der Waals surface area contributed by atoms with Crippen LogP contribution in [0.5, 0.6) is 0 Å². The van der Waals surface area contributed by atoms with Crippen molar-refractivity contribution in [1.29, 1.82) is 0 Å². The zero-order valence-electron chi connectivity index (χ0n) is 14.3. The van der Waals surface area contributed by atoms with Crippen LogP contribution in [-0.4, -0.2) is 34.2 Å². The van der Waals surface area contributed by atoms with E-state index in [0.29, 0.717) is 17.8 Å². The summed E-state index contributed by atoms with van der Waals surface area (Å²) in [4.78, 5) is 2.48. The molecule has 1 saturated heterocycles. The largest absolute Gasteiger partial charge is 0.408 e. The third-order valence-corrected chi connectivity index (χ3v) is 4.71. The zero-order valence-corrected chi connectivity index (χ0v) is 14.3. The second kappa shape index (κ2) is 7.07. The number of nitrogens with one attached hydrogen (secondary N) is 1. The molecule has 0 saturated carbocycles. The van der Waals surface area contributed by atoms with E-state index in [1.807, 2.05) is 6.92 Å². The Balaban J connectivity index is 1.53. The summed E-state index contributed by atoms with van der Waals surface area (Å²) in [6, 6.07) is 22.0. The van der Waals surface area contributed by atoms with Crippen molar-refractivity contribution in [2.24, 2.45) is 0 Å². The lowest BCUT2D eigenvalue weighted by Gasteiger charge is -2.18. The molecule has 1 fully saturated rings. The highest BCUT2D eigenvalue weighted by molar-refractivity contribution is 5.30. The van der Waals surface area contributed by atoms with Gasteiger partial charge in [-0.1, -0.05) is 65.8 Å². The average Bonchev–Trinajstić information content (AvgIpc) is 3.23. The van der Waals surface area contributed by atoms with E-state index >= 15 is 0 Å². The topological polar surface area (TPSA) is 54.2 Å². The lowest BCUT2D eigenvalue weighted by atomic mass is 9.94. The van der Waals surface area contributed by atoms with Gasteiger partial charge in [0.05, 0.1) is 6.04 Å². The first-order valence-corrected chi connectivity index (χ1v) is 8.66. The molecule has 1 N–H and O–H groups in total. The maximum atomic E-state index is 5.53. The Hall–Kier alpha value is -2.66. The summed E-state index contributed by atoms with van der Waals surface area (Å²) in [5, 5.41) is 11.5. The monoisotopic (exact) mass is 334 g/mol. The maximum absolute atomic E-state index is 5.53. The van der Waals surface area contributed by atoms with Crippen LogP contribution in [0, 0.1) is 6.92 Å². The minimum absolute atomic E-state index is 0.242. The molecule has 0 spiro atoms. The lowest BCUT2D eigenvalue weighted by molar-refractivity contribution is 0.324.